The number of nitrogens with zero attached hydrogens (tertiary/aromatic N) is 2. The Hall–Kier alpha value is -1.12. The van der Waals surface area contributed by atoms with Crippen molar-refractivity contribution in [2.75, 3.05) is 0 Å². The first-order valence-electron chi connectivity index (χ1n) is 8.11. The SMILES string of the molecule is FC(F)(F)c1cccc(CSc2nc(Cl)cc(CSc3c(Cl)cccc3Cl)n2)c1. The second-order valence-electron chi connectivity index (χ2n) is 5.79. The summed E-state index contributed by atoms with van der Waals surface area (Å²) in [6.07, 6.45) is -4.38. The molecule has 1 heterocycles. The maximum atomic E-state index is 12.8. The average molecular weight is 496 g/mol. The fraction of sp³-hybridized carbons (Fsp3) is 0.158. The van der Waals surface area contributed by atoms with E-state index in [0.717, 1.165) is 17.0 Å². The molecule has 10 heteroatoms. The molecule has 0 unspecified atom stereocenters. The van der Waals surface area contributed by atoms with Crippen molar-refractivity contribution >= 4 is 58.3 Å². The first-order chi connectivity index (χ1) is 13.7. The number of thioether (sulfide) groups is 2. The molecular weight excluding hydrogens is 484 g/mol. The maximum Gasteiger partial charge on any atom is 0.416 e. The molecule has 2 nitrogen and oxygen atoms in total. The Morgan fingerprint density at radius 1 is 0.828 bits per heavy atom. The van der Waals surface area contributed by atoms with Crippen molar-refractivity contribution in [3.8, 4) is 0 Å². The Morgan fingerprint density at radius 3 is 2.21 bits per heavy atom. The summed E-state index contributed by atoms with van der Waals surface area (Å²) in [7, 11) is 0. The predicted molar refractivity (Wildman–Crippen MR) is 114 cm³/mol. The minimum Gasteiger partial charge on any atom is -0.227 e. The molecule has 0 aliphatic heterocycles. The van der Waals surface area contributed by atoms with Gasteiger partial charge in [0.1, 0.15) is 5.15 Å². The Labute approximate surface area is 189 Å². The fourth-order valence-electron chi connectivity index (χ4n) is 2.33. The van der Waals surface area contributed by atoms with Gasteiger partial charge in [-0.15, -0.1) is 11.8 Å². The summed E-state index contributed by atoms with van der Waals surface area (Å²) in [5.74, 6) is 0.746. The van der Waals surface area contributed by atoms with E-state index in [-0.39, 0.29) is 10.9 Å². The lowest BCUT2D eigenvalue weighted by Gasteiger charge is -2.09. The van der Waals surface area contributed by atoms with Gasteiger partial charge in [-0.3, -0.25) is 0 Å². The topological polar surface area (TPSA) is 25.8 Å². The van der Waals surface area contributed by atoms with Crippen molar-refractivity contribution in [1.29, 1.82) is 0 Å². The number of hydrogen-bond donors (Lipinski definition) is 0. The highest BCUT2D eigenvalue weighted by molar-refractivity contribution is 7.99. The van der Waals surface area contributed by atoms with Gasteiger partial charge in [0.2, 0.25) is 0 Å². The van der Waals surface area contributed by atoms with E-state index in [2.05, 4.69) is 9.97 Å². The molecule has 0 atom stereocenters. The number of aromatic nitrogens is 2. The zero-order valence-corrected chi connectivity index (χ0v) is 18.4. The van der Waals surface area contributed by atoms with Crippen LogP contribution in [0.3, 0.4) is 0 Å². The minimum atomic E-state index is -4.38. The van der Waals surface area contributed by atoms with Crippen LogP contribution < -0.4 is 0 Å². The molecular formula is C19H12Cl3F3N2S2. The third-order valence-electron chi connectivity index (χ3n) is 3.63. The molecule has 0 amide bonds. The molecule has 0 aliphatic carbocycles. The van der Waals surface area contributed by atoms with E-state index < -0.39 is 11.7 Å². The van der Waals surface area contributed by atoms with Crippen LogP contribution in [0.25, 0.3) is 0 Å². The zero-order chi connectivity index (χ0) is 21.0. The number of hydrogen-bond acceptors (Lipinski definition) is 4. The van der Waals surface area contributed by atoms with Gasteiger partial charge in [0, 0.05) is 16.4 Å². The number of benzene rings is 2. The summed E-state index contributed by atoms with van der Waals surface area (Å²) in [4.78, 5) is 9.32. The Bertz CT molecular complexity index is 996. The molecule has 2 aromatic carbocycles. The second-order valence-corrected chi connectivity index (χ2v) is 8.92. The number of halogens is 6. The van der Waals surface area contributed by atoms with Crippen molar-refractivity contribution in [2.45, 2.75) is 27.7 Å². The maximum absolute atomic E-state index is 12.8. The van der Waals surface area contributed by atoms with Gasteiger partial charge in [0.25, 0.3) is 0 Å². The second kappa shape index (κ2) is 9.79. The van der Waals surface area contributed by atoms with E-state index in [1.165, 1.54) is 29.6 Å². The van der Waals surface area contributed by atoms with Gasteiger partial charge in [0.05, 0.1) is 21.3 Å². The molecule has 1 aromatic heterocycles. The van der Waals surface area contributed by atoms with Gasteiger partial charge in [0.15, 0.2) is 5.16 Å². The van der Waals surface area contributed by atoms with E-state index in [0.29, 0.717) is 32.2 Å². The first-order valence-corrected chi connectivity index (χ1v) is 11.2. The van der Waals surface area contributed by atoms with E-state index in [1.807, 2.05) is 0 Å². The third kappa shape index (κ3) is 6.43. The van der Waals surface area contributed by atoms with Gasteiger partial charge in [-0.2, -0.15) is 13.2 Å². The monoisotopic (exact) mass is 494 g/mol. The highest BCUT2D eigenvalue weighted by Crippen LogP contribution is 2.36. The number of rotatable bonds is 6. The zero-order valence-electron chi connectivity index (χ0n) is 14.5. The van der Waals surface area contributed by atoms with Crippen LogP contribution in [0.4, 0.5) is 13.2 Å². The summed E-state index contributed by atoms with van der Waals surface area (Å²) < 4.78 is 38.5. The van der Waals surface area contributed by atoms with Crippen molar-refractivity contribution in [2.24, 2.45) is 0 Å². The first kappa shape index (κ1) is 22.6. The molecule has 0 fully saturated rings. The van der Waals surface area contributed by atoms with Crippen molar-refractivity contribution < 1.29 is 13.2 Å². The Kier molecular flexibility index (Phi) is 7.62. The van der Waals surface area contributed by atoms with Crippen LogP contribution in [-0.4, -0.2) is 9.97 Å². The van der Waals surface area contributed by atoms with Crippen molar-refractivity contribution in [3.63, 3.8) is 0 Å². The Morgan fingerprint density at radius 2 is 1.52 bits per heavy atom. The van der Waals surface area contributed by atoms with Crippen LogP contribution in [0.1, 0.15) is 16.8 Å². The van der Waals surface area contributed by atoms with Gasteiger partial charge in [-0.05, 0) is 29.8 Å². The molecule has 3 aromatic rings. The molecule has 0 bridgehead atoms. The summed E-state index contributed by atoms with van der Waals surface area (Å²) in [5.41, 5.74) is 0.501. The number of alkyl halides is 3. The highest BCUT2D eigenvalue weighted by Gasteiger charge is 2.30. The van der Waals surface area contributed by atoms with Crippen LogP contribution >= 0.6 is 58.3 Å². The summed E-state index contributed by atoms with van der Waals surface area (Å²) >= 11 is 21.1. The smallest absolute Gasteiger partial charge is 0.227 e. The van der Waals surface area contributed by atoms with Crippen LogP contribution in [0, 0.1) is 0 Å². The van der Waals surface area contributed by atoms with Crippen LogP contribution in [-0.2, 0) is 17.7 Å². The van der Waals surface area contributed by atoms with Gasteiger partial charge < -0.3 is 0 Å². The lowest BCUT2D eigenvalue weighted by molar-refractivity contribution is -0.137. The highest BCUT2D eigenvalue weighted by atomic mass is 35.5. The summed E-state index contributed by atoms with van der Waals surface area (Å²) in [6.45, 7) is 0. The van der Waals surface area contributed by atoms with Crippen LogP contribution in [0.15, 0.2) is 58.6 Å². The van der Waals surface area contributed by atoms with Gasteiger partial charge in [-0.1, -0.05) is 70.8 Å². The third-order valence-corrected chi connectivity index (χ3v) is 6.77. The van der Waals surface area contributed by atoms with Crippen molar-refractivity contribution in [3.05, 3.63) is 80.6 Å². The lowest BCUT2D eigenvalue weighted by atomic mass is 10.1. The minimum absolute atomic E-state index is 0.257. The molecule has 0 saturated carbocycles. The molecule has 152 valence electrons. The molecule has 29 heavy (non-hydrogen) atoms. The molecule has 0 N–H and O–H groups in total. The quantitative estimate of drug-likeness (QED) is 0.196. The lowest BCUT2D eigenvalue weighted by Crippen LogP contribution is -2.05. The molecule has 0 spiro atoms. The predicted octanol–water partition coefficient (Wildman–Crippen LogP) is 8.04. The standard InChI is InChI=1S/C19H12Cl3F3N2S2/c20-14-5-2-6-15(21)17(14)28-10-13-8-16(22)27-18(26-13)29-9-11-3-1-4-12(7-11)19(23,24)25/h1-8H,9-10H2. The van der Waals surface area contributed by atoms with E-state index >= 15 is 0 Å². The van der Waals surface area contributed by atoms with E-state index in [1.54, 1.807) is 30.3 Å². The van der Waals surface area contributed by atoms with Crippen LogP contribution in [0.5, 0.6) is 0 Å². The summed E-state index contributed by atoms with van der Waals surface area (Å²) in [5, 5.41) is 1.73. The normalized spacial score (nSPS) is 11.7. The van der Waals surface area contributed by atoms with Gasteiger partial charge >= 0.3 is 6.18 Å². The van der Waals surface area contributed by atoms with E-state index in [4.69, 9.17) is 34.8 Å². The van der Waals surface area contributed by atoms with Crippen molar-refractivity contribution in [1.82, 2.24) is 9.97 Å². The molecule has 3 rings (SSSR count). The molecule has 0 aliphatic rings. The van der Waals surface area contributed by atoms with Gasteiger partial charge in [-0.25, -0.2) is 9.97 Å². The molecule has 0 saturated heterocycles. The Balaban J connectivity index is 1.69. The average Bonchev–Trinajstić information content (AvgIpc) is 2.65. The van der Waals surface area contributed by atoms with E-state index in [9.17, 15) is 13.2 Å². The molecule has 0 radical (unpaired) electrons. The fourth-order valence-corrected chi connectivity index (χ4v) is 4.98. The summed E-state index contributed by atoms with van der Waals surface area (Å²) in [6, 6.07) is 12.1. The van der Waals surface area contributed by atoms with Crippen LogP contribution in [0.2, 0.25) is 15.2 Å². The largest absolute Gasteiger partial charge is 0.416 e.